The first kappa shape index (κ1) is 18.1. The summed E-state index contributed by atoms with van der Waals surface area (Å²) in [6.07, 6.45) is -3.49. The number of rotatable bonds is 6. The summed E-state index contributed by atoms with van der Waals surface area (Å²) in [6, 6.07) is 6.94. The molecule has 24 heavy (non-hydrogen) atoms. The van der Waals surface area contributed by atoms with Crippen molar-refractivity contribution in [3.05, 3.63) is 47.1 Å². The van der Waals surface area contributed by atoms with E-state index >= 15 is 0 Å². The number of hydrogen-bond acceptors (Lipinski definition) is 4. The van der Waals surface area contributed by atoms with Gasteiger partial charge in [-0.05, 0) is 30.3 Å². The van der Waals surface area contributed by atoms with Gasteiger partial charge in [0.15, 0.2) is 5.78 Å². The van der Waals surface area contributed by atoms with Crippen molar-refractivity contribution in [1.82, 2.24) is 4.98 Å². The Morgan fingerprint density at radius 1 is 1.21 bits per heavy atom. The highest BCUT2D eigenvalue weighted by Gasteiger charge is 2.31. The molecule has 128 valence electrons. The molecule has 0 unspecified atom stereocenters. The normalized spacial score (nSPS) is 11.2. The lowest BCUT2D eigenvalue weighted by Crippen LogP contribution is -2.09. The fourth-order valence-electron chi connectivity index (χ4n) is 1.64. The highest BCUT2D eigenvalue weighted by atomic mass is 35.5. The van der Waals surface area contributed by atoms with Gasteiger partial charge in [0.05, 0.1) is 5.56 Å². The maximum atomic E-state index is 12.5. The quantitative estimate of drug-likeness (QED) is 0.735. The number of ketones is 1. The molecular formula is C16H13ClF3NO3. The van der Waals surface area contributed by atoms with E-state index in [0.29, 0.717) is 24.1 Å². The molecule has 0 bridgehead atoms. The van der Waals surface area contributed by atoms with Crippen LogP contribution in [-0.4, -0.2) is 17.4 Å². The summed E-state index contributed by atoms with van der Waals surface area (Å²) in [7, 11) is 0. The molecule has 0 aliphatic carbocycles. The Morgan fingerprint density at radius 3 is 2.38 bits per heavy atom. The average Bonchev–Trinajstić information content (AvgIpc) is 2.54. The van der Waals surface area contributed by atoms with Gasteiger partial charge in [0, 0.05) is 12.6 Å². The van der Waals surface area contributed by atoms with Gasteiger partial charge < -0.3 is 9.47 Å². The molecule has 1 aromatic heterocycles. The van der Waals surface area contributed by atoms with Gasteiger partial charge in [0.25, 0.3) is 0 Å². The second-order valence-corrected chi connectivity index (χ2v) is 5.17. The molecule has 0 spiro atoms. The van der Waals surface area contributed by atoms with Gasteiger partial charge in [-0.15, -0.1) is 0 Å². The maximum Gasteiger partial charge on any atom is 0.417 e. The second kappa shape index (κ2) is 7.53. The third-order valence-electron chi connectivity index (χ3n) is 2.97. The fraction of sp³-hybridized carbons (Fsp3) is 0.250. The number of alkyl halides is 3. The van der Waals surface area contributed by atoms with Crippen LogP contribution in [0.4, 0.5) is 13.2 Å². The minimum Gasteiger partial charge on any atom is -0.486 e. The molecule has 8 heteroatoms. The van der Waals surface area contributed by atoms with Gasteiger partial charge in [-0.3, -0.25) is 4.79 Å². The van der Waals surface area contributed by atoms with E-state index in [1.165, 1.54) is 12.1 Å². The molecule has 2 aromatic rings. The van der Waals surface area contributed by atoms with Crippen molar-refractivity contribution in [2.45, 2.75) is 19.5 Å². The van der Waals surface area contributed by atoms with Crippen LogP contribution in [0.15, 0.2) is 36.5 Å². The van der Waals surface area contributed by atoms with Crippen LogP contribution in [0, 0.1) is 0 Å². The monoisotopic (exact) mass is 359 g/mol. The number of nitrogens with zero attached hydrogens (tertiary/aromatic N) is 1. The molecular weight excluding hydrogens is 347 g/mol. The van der Waals surface area contributed by atoms with Crippen LogP contribution in [0.1, 0.15) is 18.9 Å². The Labute approximate surface area is 141 Å². The number of aromatic nitrogens is 1. The summed E-state index contributed by atoms with van der Waals surface area (Å²) in [4.78, 5) is 14.8. The molecule has 0 aliphatic heterocycles. The Balaban J connectivity index is 2.05. The first-order valence-corrected chi connectivity index (χ1v) is 7.32. The zero-order chi connectivity index (χ0) is 17.7. The highest BCUT2D eigenvalue weighted by molar-refractivity contribution is 6.31. The molecule has 2 rings (SSSR count). The van der Waals surface area contributed by atoms with E-state index < -0.39 is 11.7 Å². The SMILES string of the molecule is CCC(=O)COc1ccc(Oc2ncc(C(F)(F)F)cc2Cl)cc1. The topological polar surface area (TPSA) is 48.4 Å². The highest BCUT2D eigenvalue weighted by Crippen LogP contribution is 2.34. The van der Waals surface area contributed by atoms with Crippen molar-refractivity contribution in [3.8, 4) is 17.4 Å². The van der Waals surface area contributed by atoms with Crippen molar-refractivity contribution in [3.63, 3.8) is 0 Å². The van der Waals surface area contributed by atoms with Gasteiger partial charge >= 0.3 is 6.18 Å². The lowest BCUT2D eigenvalue weighted by atomic mass is 10.3. The van der Waals surface area contributed by atoms with E-state index in [9.17, 15) is 18.0 Å². The zero-order valence-corrected chi connectivity index (χ0v) is 13.3. The van der Waals surface area contributed by atoms with Crippen LogP contribution in [0.3, 0.4) is 0 Å². The van der Waals surface area contributed by atoms with E-state index in [-0.39, 0.29) is 23.3 Å². The van der Waals surface area contributed by atoms with Gasteiger partial charge in [-0.25, -0.2) is 4.98 Å². The number of Topliss-reactive ketones (excluding diaryl/α,β-unsaturated/α-hetero) is 1. The summed E-state index contributed by atoms with van der Waals surface area (Å²) in [5, 5.41) is -0.251. The van der Waals surface area contributed by atoms with Crippen molar-refractivity contribution in [2.24, 2.45) is 0 Å². The van der Waals surface area contributed by atoms with Gasteiger partial charge in [0.1, 0.15) is 23.1 Å². The third kappa shape index (κ3) is 4.86. The van der Waals surface area contributed by atoms with E-state index in [0.717, 1.165) is 6.07 Å². The summed E-state index contributed by atoms with van der Waals surface area (Å²) < 4.78 is 48.3. The van der Waals surface area contributed by atoms with Crippen LogP contribution in [0.2, 0.25) is 5.02 Å². The van der Waals surface area contributed by atoms with Crippen molar-refractivity contribution < 1.29 is 27.4 Å². The molecule has 0 fully saturated rings. The number of hydrogen-bond donors (Lipinski definition) is 0. The average molecular weight is 360 g/mol. The number of carbonyl (C=O) groups is 1. The van der Waals surface area contributed by atoms with E-state index in [4.69, 9.17) is 21.1 Å². The standard InChI is InChI=1S/C16H13ClF3NO3/c1-2-11(22)9-23-12-3-5-13(6-4-12)24-15-14(17)7-10(8-21-15)16(18,19)20/h3-8H,2,9H2,1H3. The molecule has 0 radical (unpaired) electrons. The Morgan fingerprint density at radius 2 is 1.83 bits per heavy atom. The molecule has 0 saturated heterocycles. The largest absolute Gasteiger partial charge is 0.486 e. The molecule has 1 aromatic carbocycles. The molecule has 0 aliphatic rings. The molecule has 0 saturated carbocycles. The maximum absolute atomic E-state index is 12.5. The van der Waals surface area contributed by atoms with Crippen LogP contribution in [0.25, 0.3) is 0 Å². The minimum atomic E-state index is -4.52. The first-order valence-electron chi connectivity index (χ1n) is 6.94. The Kier molecular flexibility index (Phi) is 5.66. The van der Waals surface area contributed by atoms with Crippen LogP contribution < -0.4 is 9.47 Å². The number of pyridine rings is 1. The molecule has 0 N–H and O–H groups in total. The number of carbonyl (C=O) groups excluding carboxylic acids is 1. The van der Waals surface area contributed by atoms with Gasteiger partial charge in [0.2, 0.25) is 5.88 Å². The lowest BCUT2D eigenvalue weighted by Gasteiger charge is -2.10. The predicted octanol–water partition coefficient (Wildman–Crippen LogP) is 4.90. The van der Waals surface area contributed by atoms with Gasteiger partial charge in [-0.2, -0.15) is 13.2 Å². The van der Waals surface area contributed by atoms with E-state index in [1.807, 2.05) is 0 Å². The van der Waals surface area contributed by atoms with Crippen molar-refractivity contribution >= 4 is 17.4 Å². The summed E-state index contributed by atoms with van der Waals surface area (Å²) in [6.45, 7) is 1.71. The summed E-state index contributed by atoms with van der Waals surface area (Å²) in [5.74, 6) is 0.615. The zero-order valence-electron chi connectivity index (χ0n) is 12.6. The van der Waals surface area contributed by atoms with Crippen molar-refractivity contribution in [1.29, 1.82) is 0 Å². The Hall–Kier alpha value is -2.28. The number of ether oxygens (including phenoxy) is 2. The van der Waals surface area contributed by atoms with Crippen LogP contribution in [-0.2, 0) is 11.0 Å². The summed E-state index contributed by atoms with van der Waals surface area (Å²) in [5.41, 5.74) is -0.954. The lowest BCUT2D eigenvalue weighted by molar-refractivity contribution is -0.137. The Bertz CT molecular complexity index is 717. The smallest absolute Gasteiger partial charge is 0.417 e. The second-order valence-electron chi connectivity index (χ2n) is 4.76. The van der Waals surface area contributed by atoms with Crippen molar-refractivity contribution in [2.75, 3.05) is 6.61 Å². The van der Waals surface area contributed by atoms with Gasteiger partial charge in [-0.1, -0.05) is 18.5 Å². The van der Waals surface area contributed by atoms with Crippen LogP contribution >= 0.6 is 11.6 Å². The minimum absolute atomic E-state index is 0.0248. The molecule has 4 nitrogen and oxygen atoms in total. The molecule has 1 heterocycles. The molecule has 0 atom stereocenters. The molecule has 0 amide bonds. The number of benzene rings is 1. The third-order valence-corrected chi connectivity index (χ3v) is 3.24. The van der Waals surface area contributed by atoms with E-state index in [2.05, 4.69) is 4.98 Å². The fourth-order valence-corrected chi connectivity index (χ4v) is 1.84. The summed E-state index contributed by atoms with van der Waals surface area (Å²) >= 11 is 5.77. The first-order chi connectivity index (χ1) is 11.3. The number of halogens is 4. The van der Waals surface area contributed by atoms with E-state index in [1.54, 1.807) is 19.1 Å². The predicted molar refractivity (Wildman–Crippen MR) is 81.6 cm³/mol. The van der Waals surface area contributed by atoms with Crippen LogP contribution in [0.5, 0.6) is 17.4 Å².